The van der Waals surface area contributed by atoms with Crippen molar-refractivity contribution in [1.82, 2.24) is 15.6 Å². The molecule has 150 valence electrons. The highest BCUT2D eigenvalue weighted by atomic mass is 127. The molecule has 0 saturated heterocycles. The molecule has 2 rings (SSSR count). The number of anilines is 1. The zero-order valence-electron chi connectivity index (χ0n) is 16.0. The summed E-state index contributed by atoms with van der Waals surface area (Å²) in [5, 5.41) is 10.3. The Labute approximate surface area is 187 Å². The number of hydrogen-bond donors (Lipinski definition) is 2. The van der Waals surface area contributed by atoms with Gasteiger partial charge >= 0.3 is 0 Å². The van der Waals surface area contributed by atoms with E-state index in [9.17, 15) is 0 Å². The predicted octanol–water partition coefficient (Wildman–Crippen LogP) is 4.00. The second-order valence-corrected chi connectivity index (χ2v) is 7.25. The van der Waals surface area contributed by atoms with Crippen LogP contribution >= 0.6 is 46.9 Å². The first kappa shape index (κ1) is 23.8. The second-order valence-electron chi connectivity index (χ2n) is 5.97. The van der Waals surface area contributed by atoms with E-state index < -0.39 is 0 Å². The number of rotatable bonds is 8. The summed E-state index contributed by atoms with van der Waals surface area (Å²) < 4.78 is 5.87. The van der Waals surface area contributed by atoms with Gasteiger partial charge in [-0.1, -0.05) is 11.6 Å². The number of ether oxygens (including phenoxy) is 1. The lowest BCUT2D eigenvalue weighted by Crippen LogP contribution is -2.41. The van der Waals surface area contributed by atoms with Crippen molar-refractivity contribution in [3.8, 4) is 5.75 Å². The molecule has 2 N–H and O–H groups in total. The Kier molecular flexibility index (Phi) is 10.8. The second kappa shape index (κ2) is 12.2. The van der Waals surface area contributed by atoms with Crippen LogP contribution in [-0.4, -0.2) is 44.2 Å². The quantitative estimate of drug-likeness (QED) is 0.311. The van der Waals surface area contributed by atoms with Crippen LogP contribution in [0.15, 0.2) is 34.6 Å². The molecule has 0 aliphatic rings. The molecular formula is C18H27ClIN5OS. The molecule has 9 heteroatoms. The van der Waals surface area contributed by atoms with Gasteiger partial charge in [0.25, 0.3) is 0 Å². The van der Waals surface area contributed by atoms with Crippen molar-refractivity contribution in [3.05, 3.63) is 40.4 Å². The van der Waals surface area contributed by atoms with Gasteiger partial charge in [0.05, 0.1) is 18.8 Å². The van der Waals surface area contributed by atoms with Crippen molar-refractivity contribution < 1.29 is 4.74 Å². The smallest absolute Gasteiger partial charge is 0.191 e. The van der Waals surface area contributed by atoms with Crippen molar-refractivity contribution >= 4 is 58.0 Å². The van der Waals surface area contributed by atoms with Gasteiger partial charge in [0, 0.05) is 31.0 Å². The van der Waals surface area contributed by atoms with Crippen LogP contribution in [0.25, 0.3) is 0 Å². The number of halogens is 2. The summed E-state index contributed by atoms with van der Waals surface area (Å²) >= 11 is 7.51. The van der Waals surface area contributed by atoms with Crippen molar-refractivity contribution in [3.63, 3.8) is 0 Å². The molecule has 2 aromatic rings. The van der Waals surface area contributed by atoms with Crippen LogP contribution < -0.4 is 20.3 Å². The van der Waals surface area contributed by atoms with Crippen molar-refractivity contribution in [2.45, 2.75) is 26.5 Å². The first-order valence-electron chi connectivity index (χ1n) is 8.54. The Balaban J connectivity index is 0.00000364. The van der Waals surface area contributed by atoms with Crippen LogP contribution in [0, 0.1) is 0 Å². The molecule has 27 heavy (non-hydrogen) atoms. The fourth-order valence-electron chi connectivity index (χ4n) is 2.10. The molecular weight excluding hydrogens is 497 g/mol. The number of benzene rings is 1. The van der Waals surface area contributed by atoms with E-state index in [0.29, 0.717) is 18.1 Å². The van der Waals surface area contributed by atoms with Gasteiger partial charge < -0.3 is 20.3 Å². The van der Waals surface area contributed by atoms with E-state index in [-0.39, 0.29) is 30.1 Å². The fourth-order valence-corrected chi connectivity index (χ4v) is 2.98. The number of hydrogen-bond acceptors (Lipinski definition) is 5. The molecule has 0 aliphatic heterocycles. The van der Waals surface area contributed by atoms with Crippen molar-refractivity contribution in [1.29, 1.82) is 0 Å². The third-order valence-corrected chi connectivity index (χ3v) is 4.68. The first-order valence-corrected chi connectivity index (χ1v) is 9.79. The van der Waals surface area contributed by atoms with Gasteiger partial charge in [-0.2, -0.15) is 0 Å². The van der Waals surface area contributed by atoms with Crippen molar-refractivity contribution in [2.24, 2.45) is 4.99 Å². The van der Waals surface area contributed by atoms with Gasteiger partial charge in [0.1, 0.15) is 11.9 Å². The van der Waals surface area contributed by atoms with E-state index in [1.54, 1.807) is 11.3 Å². The Morgan fingerprint density at radius 2 is 2.00 bits per heavy atom. The molecule has 1 aromatic heterocycles. The number of thiazole rings is 1. The number of aromatic nitrogens is 1. The van der Waals surface area contributed by atoms with E-state index >= 15 is 0 Å². The summed E-state index contributed by atoms with van der Waals surface area (Å²) in [4.78, 5) is 11.1. The molecule has 0 spiro atoms. The van der Waals surface area contributed by atoms with Crippen LogP contribution in [0.3, 0.4) is 0 Å². The Morgan fingerprint density at radius 3 is 2.59 bits per heavy atom. The van der Waals surface area contributed by atoms with Gasteiger partial charge in [-0.05, 0) is 38.1 Å². The molecule has 1 aromatic carbocycles. The maximum Gasteiger partial charge on any atom is 0.191 e. The SMILES string of the molecule is CCNC(=NCc1csc(N(C)C)n1)NCC(C)Oc1ccc(Cl)cc1.I. The summed E-state index contributed by atoms with van der Waals surface area (Å²) in [6, 6.07) is 7.36. The average molecular weight is 524 g/mol. The molecule has 0 aliphatic carbocycles. The highest BCUT2D eigenvalue weighted by molar-refractivity contribution is 14.0. The van der Waals surface area contributed by atoms with Crippen LogP contribution in [0.4, 0.5) is 5.13 Å². The van der Waals surface area contributed by atoms with Crippen LogP contribution in [-0.2, 0) is 6.54 Å². The van der Waals surface area contributed by atoms with E-state index in [1.165, 1.54) is 0 Å². The van der Waals surface area contributed by atoms with E-state index in [2.05, 4.69) is 20.6 Å². The summed E-state index contributed by atoms with van der Waals surface area (Å²) in [5.74, 6) is 1.54. The summed E-state index contributed by atoms with van der Waals surface area (Å²) in [6.45, 7) is 6.01. The minimum atomic E-state index is -0.0142. The Bertz CT molecular complexity index is 708. The molecule has 0 saturated carbocycles. The van der Waals surface area contributed by atoms with Gasteiger partial charge in [0.2, 0.25) is 0 Å². The molecule has 0 amide bonds. The van der Waals surface area contributed by atoms with E-state index in [0.717, 1.165) is 29.1 Å². The third-order valence-electron chi connectivity index (χ3n) is 3.37. The summed E-state index contributed by atoms with van der Waals surface area (Å²) in [5.41, 5.74) is 0.960. The Hall–Kier alpha value is -1.26. The van der Waals surface area contributed by atoms with Gasteiger partial charge in [-0.15, -0.1) is 35.3 Å². The summed E-state index contributed by atoms with van der Waals surface area (Å²) in [6.07, 6.45) is -0.0142. The fraction of sp³-hybridized carbons (Fsp3) is 0.444. The molecule has 0 radical (unpaired) electrons. The monoisotopic (exact) mass is 523 g/mol. The highest BCUT2D eigenvalue weighted by Gasteiger charge is 2.07. The normalized spacial score (nSPS) is 12.1. The first-order chi connectivity index (χ1) is 12.5. The lowest BCUT2D eigenvalue weighted by Gasteiger charge is -2.17. The van der Waals surface area contributed by atoms with Gasteiger partial charge in [0.15, 0.2) is 11.1 Å². The number of nitrogens with one attached hydrogen (secondary N) is 2. The minimum Gasteiger partial charge on any atom is -0.489 e. The Morgan fingerprint density at radius 1 is 1.30 bits per heavy atom. The third kappa shape index (κ3) is 8.52. The molecule has 1 unspecified atom stereocenters. The molecule has 0 bridgehead atoms. The average Bonchev–Trinajstić information content (AvgIpc) is 3.09. The minimum absolute atomic E-state index is 0. The van der Waals surface area contributed by atoms with Crippen LogP contribution in [0.2, 0.25) is 5.02 Å². The lowest BCUT2D eigenvalue weighted by molar-refractivity contribution is 0.224. The van der Waals surface area contributed by atoms with Crippen LogP contribution in [0.1, 0.15) is 19.5 Å². The maximum absolute atomic E-state index is 5.89. The molecule has 0 fully saturated rings. The maximum atomic E-state index is 5.89. The van der Waals surface area contributed by atoms with E-state index in [1.807, 2.05) is 62.5 Å². The zero-order chi connectivity index (χ0) is 18.9. The zero-order valence-corrected chi connectivity index (χ0v) is 19.9. The molecule has 6 nitrogen and oxygen atoms in total. The van der Waals surface area contributed by atoms with Gasteiger partial charge in [-0.25, -0.2) is 9.98 Å². The van der Waals surface area contributed by atoms with Crippen LogP contribution in [0.5, 0.6) is 5.75 Å². The molecule has 1 atom stereocenters. The largest absolute Gasteiger partial charge is 0.489 e. The molecule has 1 heterocycles. The van der Waals surface area contributed by atoms with Crippen molar-refractivity contribution in [2.75, 3.05) is 32.1 Å². The predicted molar refractivity (Wildman–Crippen MR) is 126 cm³/mol. The van der Waals surface area contributed by atoms with Gasteiger partial charge in [-0.3, -0.25) is 0 Å². The number of aliphatic imine (C=N–C) groups is 1. The highest BCUT2D eigenvalue weighted by Crippen LogP contribution is 2.18. The summed E-state index contributed by atoms with van der Waals surface area (Å²) in [7, 11) is 3.97. The number of guanidine groups is 1. The number of nitrogens with zero attached hydrogens (tertiary/aromatic N) is 3. The standard InChI is InChI=1S/C18H26ClN5OS.HI/c1-5-20-17(22-11-15-12-26-18(23-15)24(3)4)21-10-13(2)25-16-8-6-14(19)7-9-16;/h6-9,12-13H,5,10-11H2,1-4H3,(H2,20,21,22);1H. The topological polar surface area (TPSA) is 61.8 Å². The van der Waals surface area contributed by atoms with E-state index in [4.69, 9.17) is 16.3 Å². The lowest BCUT2D eigenvalue weighted by atomic mass is 10.3.